The Hall–Kier alpha value is -1.56. The van der Waals surface area contributed by atoms with E-state index in [0.717, 1.165) is 10.6 Å². The van der Waals surface area contributed by atoms with Crippen molar-refractivity contribution in [3.8, 4) is 5.75 Å². The van der Waals surface area contributed by atoms with Gasteiger partial charge in [0.05, 0.1) is 7.11 Å². The van der Waals surface area contributed by atoms with Crippen LogP contribution in [0.5, 0.6) is 5.75 Å². The van der Waals surface area contributed by atoms with Gasteiger partial charge in [-0.05, 0) is 29.1 Å². The van der Waals surface area contributed by atoms with Crippen LogP contribution < -0.4 is 10.5 Å². The van der Waals surface area contributed by atoms with E-state index in [1.807, 2.05) is 12.1 Å². The molecule has 0 aromatic heterocycles. The first kappa shape index (κ1) is 10.9. The summed E-state index contributed by atoms with van der Waals surface area (Å²) in [6, 6.07) is 5.45. The Labute approximate surface area is 97.5 Å². The fraction of sp³-hybridized carbons (Fsp3) is 0.300. The minimum atomic E-state index is 0.475. The Balaban J connectivity index is 2.12. The summed E-state index contributed by atoms with van der Waals surface area (Å²) in [6.07, 6.45) is 0. The molecule has 0 saturated carbocycles. The Morgan fingerprint density at radius 3 is 2.94 bits per heavy atom. The van der Waals surface area contributed by atoms with Crippen molar-refractivity contribution in [2.45, 2.75) is 4.90 Å². The van der Waals surface area contributed by atoms with E-state index in [1.165, 1.54) is 11.8 Å². The van der Waals surface area contributed by atoms with E-state index in [2.05, 4.69) is 5.16 Å². The second kappa shape index (κ2) is 4.98. The van der Waals surface area contributed by atoms with E-state index in [-0.39, 0.29) is 0 Å². The summed E-state index contributed by atoms with van der Waals surface area (Å²) in [4.78, 5) is 5.78. The maximum absolute atomic E-state index is 5.86. The number of nitrogens with zero attached hydrogens (tertiary/aromatic N) is 1. The molecule has 1 aliphatic rings. The fourth-order valence-corrected chi connectivity index (χ4v) is 1.91. The summed E-state index contributed by atoms with van der Waals surface area (Å²) in [5.41, 5.74) is 6.49. The number of methoxy groups -OCH3 is 1. The van der Waals surface area contributed by atoms with Gasteiger partial charge in [0, 0.05) is 16.6 Å². The Morgan fingerprint density at radius 1 is 1.44 bits per heavy atom. The van der Waals surface area contributed by atoms with Gasteiger partial charge in [0.1, 0.15) is 12.4 Å². The van der Waals surface area contributed by atoms with E-state index in [9.17, 15) is 0 Å². The molecular formula is C10H12N2O3S. The highest BCUT2D eigenvalue weighted by atomic mass is 32.2. The lowest BCUT2D eigenvalue weighted by atomic mass is 10.3. The van der Waals surface area contributed by atoms with Crippen molar-refractivity contribution >= 4 is 22.7 Å². The summed E-state index contributed by atoms with van der Waals surface area (Å²) in [6.45, 7) is 1.00. The minimum Gasteiger partial charge on any atom is -0.497 e. The Kier molecular flexibility index (Phi) is 3.40. The third kappa shape index (κ3) is 2.52. The zero-order chi connectivity index (χ0) is 11.4. The SMILES string of the molecule is COc1ccc(SC2=NOCCO2)c(N)c1. The Morgan fingerprint density at radius 2 is 2.31 bits per heavy atom. The molecule has 2 N–H and O–H groups in total. The predicted molar refractivity (Wildman–Crippen MR) is 62.6 cm³/mol. The molecule has 0 unspecified atom stereocenters. The highest BCUT2D eigenvalue weighted by Crippen LogP contribution is 2.30. The van der Waals surface area contributed by atoms with E-state index in [4.69, 9.17) is 20.0 Å². The third-order valence-electron chi connectivity index (χ3n) is 1.95. The van der Waals surface area contributed by atoms with Crippen molar-refractivity contribution in [2.24, 2.45) is 5.16 Å². The molecule has 0 fully saturated rings. The van der Waals surface area contributed by atoms with Crippen molar-refractivity contribution in [3.63, 3.8) is 0 Å². The molecule has 1 aromatic rings. The van der Waals surface area contributed by atoms with Crippen molar-refractivity contribution in [1.82, 2.24) is 0 Å². The molecule has 1 heterocycles. The number of anilines is 1. The van der Waals surface area contributed by atoms with Crippen molar-refractivity contribution < 1.29 is 14.3 Å². The van der Waals surface area contributed by atoms with Crippen LogP contribution >= 0.6 is 11.8 Å². The molecule has 6 heteroatoms. The molecular weight excluding hydrogens is 228 g/mol. The first-order valence-electron chi connectivity index (χ1n) is 4.73. The van der Waals surface area contributed by atoms with Crippen LogP contribution in [0.2, 0.25) is 0 Å². The smallest absolute Gasteiger partial charge is 0.291 e. The molecule has 16 heavy (non-hydrogen) atoms. The molecule has 0 radical (unpaired) electrons. The zero-order valence-corrected chi connectivity index (χ0v) is 9.62. The summed E-state index contributed by atoms with van der Waals surface area (Å²) >= 11 is 1.33. The van der Waals surface area contributed by atoms with Crippen molar-refractivity contribution in [1.29, 1.82) is 0 Å². The average molecular weight is 240 g/mol. The van der Waals surface area contributed by atoms with Crippen molar-refractivity contribution in [2.75, 3.05) is 26.1 Å². The van der Waals surface area contributed by atoms with E-state index < -0.39 is 0 Å². The molecule has 0 bridgehead atoms. The number of rotatable bonds is 2. The van der Waals surface area contributed by atoms with Crippen LogP contribution in [0.3, 0.4) is 0 Å². The van der Waals surface area contributed by atoms with Crippen LogP contribution in [0.15, 0.2) is 28.3 Å². The molecule has 0 atom stereocenters. The maximum Gasteiger partial charge on any atom is 0.291 e. The van der Waals surface area contributed by atoms with Gasteiger partial charge in [-0.1, -0.05) is 0 Å². The molecule has 5 nitrogen and oxygen atoms in total. The number of benzene rings is 1. The second-order valence-electron chi connectivity index (χ2n) is 3.04. The number of thioether (sulfide) groups is 1. The molecule has 0 spiro atoms. The quantitative estimate of drug-likeness (QED) is 0.797. The van der Waals surface area contributed by atoms with Gasteiger partial charge >= 0.3 is 0 Å². The summed E-state index contributed by atoms with van der Waals surface area (Å²) in [5, 5.41) is 4.25. The monoisotopic (exact) mass is 240 g/mol. The molecule has 86 valence electrons. The fourth-order valence-electron chi connectivity index (χ4n) is 1.18. The number of nitrogen functional groups attached to an aromatic ring is 1. The molecule has 0 aliphatic carbocycles. The zero-order valence-electron chi connectivity index (χ0n) is 8.80. The van der Waals surface area contributed by atoms with E-state index in [0.29, 0.717) is 24.1 Å². The lowest BCUT2D eigenvalue weighted by Crippen LogP contribution is -2.13. The van der Waals surface area contributed by atoms with Crippen molar-refractivity contribution in [3.05, 3.63) is 18.2 Å². The van der Waals surface area contributed by atoms with Gasteiger partial charge in [-0.3, -0.25) is 0 Å². The topological polar surface area (TPSA) is 66.1 Å². The third-order valence-corrected chi connectivity index (χ3v) is 2.91. The van der Waals surface area contributed by atoms with E-state index in [1.54, 1.807) is 13.2 Å². The lowest BCUT2D eigenvalue weighted by Gasteiger charge is -2.13. The molecule has 0 amide bonds. The number of nitrogens with two attached hydrogens (primary N) is 1. The minimum absolute atomic E-state index is 0.475. The highest BCUT2D eigenvalue weighted by Gasteiger charge is 2.11. The molecule has 2 rings (SSSR count). The number of hydrogen-bond acceptors (Lipinski definition) is 6. The molecule has 1 aliphatic heterocycles. The van der Waals surface area contributed by atoms with Crippen LogP contribution in [-0.2, 0) is 9.57 Å². The van der Waals surface area contributed by atoms with Crippen LogP contribution in [0, 0.1) is 0 Å². The van der Waals surface area contributed by atoms with Gasteiger partial charge in [0.25, 0.3) is 5.23 Å². The maximum atomic E-state index is 5.86. The number of ether oxygens (including phenoxy) is 2. The van der Waals surface area contributed by atoms with Gasteiger partial charge in [0.2, 0.25) is 0 Å². The first-order chi connectivity index (χ1) is 7.79. The van der Waals surface area contributed by atoms with Gasteiger partial charge in [-0.2, -0.15) is 0 Å². The van der Waals surface area contributed by atoms with Crippen LogP contribution in [0.1, 0.15) is 0 Å². The van der Waals surface area contributed by atoms with Gasteiger partial charge < -0.3 is 20.0 Å². The number of oxime groups is 1. The normalized spacial score (nSPS) is 14.7. The van der Waals surface area contributed by atoms with Crippen LogP contribution in [0.25, 0.3) is 0 Å². The molecule has 1 aromatic carbocycles. The predicted octanol–water partition coefficient (Wildman–Crippen LogP) is 1.69. The van der Waals surface area contributed by atoms with Crippen LogP contribution in [-0.4, -0.2) is 25.6 Å². The average Bonchev–Trinajstić information content (AvgIpc) is 2.33. The summed E-state index contributed by atoms with van der Waals surface area (Å²) in [5.74, 6) is 0.726. The summed E-state index contributed by atoms with van der Waals surface area (Å²) in [7, 11) is 1.60. The second-order valence-corrected chi connectivity index (χ2v) is 4.04. The number of hydrogen-bond donors (Lipinski definition) is 1. The van der Waals surface area contributed by atoms with Gasteiger partial charge in [-0.25, -0.2) is 0 Å². The summed E-state index contributed by atoms with van der Waals surface area (Å²) < 4.78 is 10.4. The highest BCUT2D eigenvalue weighted by molar-refractivity contribution is 8.13. The van der Waals surface area contributed by atoms with Crippen LogP contribution in [0.4, 0.5) is 5.69 Å². The van der Waals surface area contributed by atoms with Gasteiger partial charge in [0.15, 0.2) is 6.61 Å². The van der Waals surface area contributed by atoms with E-state index >= 15 is 0 Å². The largest absolute Gasteiger partial charge is 0.497 e. The standard InChI is InChI=1S/C10H12N2O3S/c1-13-7-2-3-9(8(11)6-7)16-10-12-15-5-4-14-10/h2-3,6H,4-5,11H2,1H3. The first-order valence-corrected chi connectivity index (χ1v) is 5.55. The molecule has 0 saturated heterocycles. The van der Waals surface area contributed by atoms with Gasteiger partial charge in [-0.15, -0.1) is 0 Å². The lowest BCUT2D eigenvalue weighted by molar-refractivity contribution is 0.0693. The Bertz CT molecular complexity index is 409.